The van der Waals surface area contributed by atoms with Gasteiger partial charge in [-0.3, -0.25) is 0 Å². The van der Waals surface area contributed by atoms with E-state index in [0.29, 0.717) is 17.2 Å². The number of aryl methyl sites for hydroxylation is 1. The molecule has 3 aromatic rings. The first-order valence-corrected chi connectivity index (χ1v) is 9.89. The average Bonchev–Trinajstić information content (AvgIpc) is 2.66. The van der Waals surface area contributed by atoms with E-state index in [2.05, 4.69) is 0 Å². The van der Waals surface area contributed by atoms with Gasteiger partial charge in [0.25, 0.3) is 0 Å². The summed E-state index contributed by atoms with van der Waals surface area (Å²) in [5.41, 5.74) is 2.17. The van der Waals surface area contributed by atoms with Crippen molar-refractivity contribution in [3.63, 3.8) is 0 Å². The molecule has 0 amide bonds. The summed E-state index contributed by atoms with van der Waals surface area (Å²) >= 11 is 0. The van der Waals surface area contributed by atoms with Crippen molar-refractivity contribution in [1.82, 2.24) is 0 Å². The fourth-order valence-electron chi connectivity index (χ4n) is 2.71. The minimum Gasteiger partial charge on any atom is -0.300 e. The molecular formula is C22H17F2NO2S. The summed E-state index contributed by atoms with van der Waals surface area (Å²) in [4.78, 5) is -0.595. The SMILES string of the molecule is Cc1ccc(S(=O)(=O)c2cc(F)cc(F)c2)cc1C(=N)/C=C/c1ccccc1. The van der Waals surface area contributed by atoms with Gasteiger partial charge >= 0.3 is 0 Å². The lowest BCUT2D eigenvalue weighted by molar-refractivity contribution is 0.567. The maximum atomic E-state index is 13.5. The Hall–Kier alpha value is -3.12. The smallest absolute Gasteiger partial charge is 0.206 e. The number of allylic oxidation sites excluding steroid dienone is 1. The molecule has 0 atom stereocenters. The van der Waals surface area contributed by atoms with Crippen LogP contribution in [0.25, 0.3) is 6.08 Å². The molecule has 28 heavy (non-hydrogen) atoms. The standard InChI is InChI=1S/C22H17F2NO2S/c1-15-7-9-19(28(26,27)20-12-17(23)11-18(24)13-20)14-21(15)22(25)10-8-16-5-3-2-4-6-16/h2-14,25H,1H3/b10-8+,25-22?. The predicted octanol–water partition coefficient (Wildman–Crippen LogP) is 5.19. The van der Waals surface area contributed by atoms with Gasteiger partial charge in [0.15, 0.2) is 0 Å². The van der Waals surface area contributed by atoms with Gasteiger partial charge in [0.2, 0.25) is 9.84 Å². The van der Waals surface area contributed by atoms with Crippen molar-refractivity contribution in [3.05, 3.63) is 101 Å². The van der Waals surface area contributed by atoms with Crippen molar-refractivity contribution >= 4 is 21.6 Å². The first kappa shape index (κ1) is 19.6. The lowest BCUT2D eigenvalue weighted by Crippen LogP contribution is -2.06. The minimum absolute atomic E-state index is 0.129. The first-order valence-electron chi connectivity index (χ1n) is 8.41. The maximum Gasteiger partial charge on any atom is 0.206 e. The van der Waals surface area contributed by atoms with Gasteiger partial charge in [-0.15, -0.1) is 0 Å². The van der Waals surface area contributed by atoms with E-state index in [4.69, 9.17) is 5.41 Å². The molecule has 3 rings (SSSR count). The van der Waals surface area contributed by atoms with Crippen molar-refractivity contribution in [2.24, 2.45) is 0 Å². The van der Waals surface area contributed by atoms with Crippen LogP contribution in [0, 0.1) is 24.0 Å². The van der Waals surface area contributed by atoms with Crippen molar-refractivity contribution in [2.45, 2.75) is 16.7 Å². The van der Waals surface area contributed by atoms with E-state index in [1.54, 1.807) is 25.1 Å². The molecule has 0 saturated heterocycles. The summed E-state index contributed by atoms with van der Waals surface area (Å²) in [6.45, 7) is 1.76. The maximum absolute atomic E-state index is 13.5. The van der Waals surface area contributed by atoms with Crippen LogP contribution >= 0.6 is 0 Å². The molecule has 0 heterocycles. The molecule has 0 fully saturated rings. The molecule has 0 radical (unpaired) electrons. The Morgan fingerprint density at radius 3 is 2.18 bits per heavy atom. The highest BCUT2D eigenvalue weighted by Crippen LogP contribution is 2.25. The fourth-order valence-corrected chi connectivity index (χ4v) is 4.04. The molecule has 0 saturated carbocycles. The van der Waals surface area contributed by atoms with E-state index in [0.717, 1.165) is 17.7 Å². The summed E-state index contributed by atoms with van der Waals surface area (Å²) in [6, 6.07) is 15.9. The molecule has 1 N–H and O–H groups in total. The number of benzene rings is 3. The van der Waals surface area contributed by atoms with Gasteiger partial charge in [0.1, 0.15) is 11.6 Å². The fraction of sp³-hybridized carbons (Fsp3) is 0.0455. The lowest BCUT2D eigenvalue weighted by atomic mass is 10.0. The molecule has 142 valence electrons. The van der Waals surface area contributed by atoms with Gasteiger partial charge in [-0.25, -0.2) is 17.2 Å². The van der Waals surface area contributed by atoms with E-state index in [1.165, 1.54) is 12.1 Å². The van der Waals surface area contributed by atoms with Crippen molar-refractivity contribution < 1.29 is 17.2 Å². The molecule has 3 nitrogen and oxygen atoms in total. The third-order valence-corrected chi connectivity index (χ3v) is 5.93. The second-order valence-electron chi connectivity index (χ2n) is 6.24. The van der Waals surface area contributed by atoms with Crippen LogP contribution in [0.4, 0.5) is 8.78 Å². The zero-order chi connectivity index (χ0) is 20.3. The van der Waals surface area contributed by atoms with Gasteiger partial charge in [-0.2, -0.15) is 0 Å². The number of rotatable bonds is 5. The molecular weight excluding hydrogens is 380 g/mol. The monoisotopic (exact) mass is 397 g/mol. The number of halogens is 2. The highest BCUT2D eigenvalue weighted by atomic mass is 32.2. The Morgan fingerprint density at radius 1 is 0.893 bits per heavy atom. The molecule has 0 unspecified atom stereocenters. The Bertz CT molecular complexity index is 1150. The highest BCUT2D eigenvalue weighted by molar-refractivity contribution is 7.91. The number of nitrogens with one attached hydrogen (secondary N) is 1. The molecule has 0 aliphatic carbocycles. The van der Waals surface area contributed by atoms with E-state index in [1.807, 2.05) is 30.3 Å². The van der Waals surface area contributed by atoms with Crippen LogP contribution in [0.5, 0.6) is 0 Å². The van der Waals surface area contributed by atoms with Gasteiger partial charge in [-0.05, 0) is 48.4 Å². The van der Waals surface area contributed by atoms with Gasteiger partial charge in [0, 0.05) is 11.6 Å². The van der Waals surface area contributed by atoms with Crippen LogP contribution in [0.15, 0.2) is 82.6 Å². The second-order valence-corrected chi connectivity index (χ2v) is 8.19. The zero-order valence-corrected chi connectivity index (χ0v) is 15.8. The Labute approximate surface area is 162 Å². The topological polar surface area (TPSA) is 58.0 Å². The Kier molecular flexibility index (Phi) is 5.51. The normalized spacial score (nSPS) is 11.7. The Morgan fingerprint density at radius 2 is 1.54 bits per heavy atom. The van der Waals surface area contributed by atoms with Crippen LogP contribution < -0.4 is 0 Å². The molecule has 3 aromatic carbocycles. The number of hydrogen-bond donors (Lipinski definition) is 1. The van der Waals surface area contributed by atoms with Gasteiger partial charge < -0.3 is 5.41 Å². The van der Waals surface area contributed by atoms with Crippen LogP contribution in [0.3, 0.4) is 0 Å². The van der Waals surface area contributed by atoms with Crippen molar-refractivity contribution in [3.8, 4) is 0 Å². The summed E-state index contributed by atoms with van der Waals surface area (Å²) in [5, 5.41) is 8.29. The number of sulfone groups is 1. The summed E-state index contributed by atoms with van der Waals surface area (Å²) in [7, 11) is -4.12. The molecule has 0 aliphatic rings. The highest BCUT2D eigenvalue weighted by Gasteiger charge is 2.21. The third-order valence-electron chi connectivity index (χ3n) is 4.20. The first-order chi connectivity index (χ1) is 13.3. The van der Waals surface area contributed by atoms with Crippen molar-refractivity contribution in [2.75, 3.05) is 0 Å². The largest absolute Gasteiger partial charge is 0.300 e. The average molecular weight is 397 g/mol. The molecule has 0 aromatic heterocycles. The van der Waals surface area contributed by atoms with Crippen LogP contribution in [-0.4, -0.2) is 14.1 Å². The summed E-state index contributed by atoms with van der Waals surface area (Å²) in [5.74, 6) is -1.94. The van der Waals surface area contributed by atoms with Crippen molar-refractivity contribution in [1.29, 1.82) is 5.41 Å². The molecule has 6 heteroatoms. The zero-order valence-electron chi connectivity index (χ0n) is 15.0. The van der Waals surface area contributed by atoms with Gasteiger partial charge in [0.05, 0.1) is 15.5 Å². The molecule has 0 bridgehead atoms. The van der Waals surface area contributed by atoms with Crippen LogP contribution in [0.2, 0.25) is 0 Å². The lowest BCUT2D eigenvalue weighted by Gasteiger charge is -2.10. The molecule has 0 aliphatic heterocycles. The van der Waals surface area contributed by atoms with E-state index >= 15 is 0 Å². The quantitative estimate of drug-likeness (QED) is 0.603. The van der Waals surface area contributed by atoms with E-state index in [9.17, 15) is 17.2 Å². The number of hydrogen-bond acceptors (Lipinski definition) is 3. The Balaban J connectivity index is 1.99. The minimum atomic E-state index is -4.12. The van der Waals surface area contributed by atoms with Crippen LogP contribution in [0.1, 0.15) is 16.7 Å². The summed E-state index contributed by atoms with van der Waals surface area (Å²) < 4.78 is 52.5. The van der Waals surface area contributed by atoms with Gasteiger partial charge in [-0.1, -0.05) is 42.5 Å². The van der Waals surface area contributed by atoms with E-state index < -0.39 is 26.4 Å². The third kappa shape index (κ3) is 4.23. The van der Waals surface area contributed by atoms with Crippen LogP contribution in [-0.2, 0) is 9.84 Å². The second kappa shape index (κ2) is 7.86. The summed E-state index contributed by atoms with van der Waals surface area (Å²) in [6.07, 6.45) is 3.33. The van der Waals surface area contributed by atoms with E-state index in [-0.39, 0.29) is 10.6 Å². The molecule has 0 spiro atoms. The predicted molar refractivity (Wildman–Crippen MR) is 105 cm³/mol.